The molecule has 1 saturated heterocycles. The number of hydrogen-bond donors (Lipinski definition) is 0. The molecule has 146 valence electrons. The molecule has 0 bridgehead atoms. The summed E-state index contributed by atoms with van der Waals surface area (Å²) in [6, 6.07) is 18.1. The number of benzene rings is 2. The van der Waals surface area contributed by atoms with Crippen LogP contribution in [0.3, 0.4) is 0 Å². The van der Waals surface area contributed by atoms with Gasteiger partial charge in [-0.15, -0.1) is 0 Å². The highest BCUT2D eigenvalue weighted by Gasteiger charge is 2.44. The Morgan fingerprint density at radius 3 is 2.18 bits per heavy atom. The van der Waals surface area contributed by atoms with Gasteiger partial charge in [-0.1, -0.05) is 55.5 Å². The van der Waals surface area contributed by atoms with Crippen molar-refractivity contribution in [2.45, 2.75) is 63.6 Å². The average molecular weight is 375 g/mol. The molecular formula is C26H30O2. The minimum atomic E-state index is 0.00824. The fraction of sp³-hybridized carbons (Fsp3) is 0.462. The molecule has 1 heterocycles. The van der Waals surface area contributed by atoms with E-state index in [2.05, 4.69) is 61.5 Å². The van der Waals surface area contributed by atoms with Crippen molar-refractivity contribution in [2.24, 2.45) is 5.92 Å². The summed E-state index contributed by atoms with van der Waals surface area (Å²) in [5.74, 6) is 1.81. The van der Waals surface area contributed by atoms with E-state index < -0.39 is 0 Å². The molecule has 0 radical (unpaired) electrons. The largest absolute Gasteiger partial charge is 0.470 e. The highest BCUT2D eigenvalue weighted by Crippen LogP contribution is 2.54. The molecule has 0 N–H and O–H groups in total. The fourth-order valence-corrected chi connectivity index (χ4v) is 5.48. The first kappa shape index (κ1) is 18.0. The Balaban J connectivity index is 1.41. The topological polar surface area (TPSA) is 18.5 Å². The Morgan fingerprint density at radius 2 is 1.54 bits per heavy atom. The molecule has 2 heteroatoms. The molecule has 3 aliphatic rings. The zero-order chi connectivity index (χ0) is 19.0. The van der Waals surface area contributed by atoms with Crippen LogP contribution in [0, 0.1) is 5.92 Å². The smallest absolute Gasteiger partial charge is 0.201 e. The van der Waals surface area contributed by atoms with E-state index in [4.69, 9.17) is 9.47 Å². The molecular weight excluding hydrogens is 344 g/mol. The van der Waals surface area contributed by atoms with Gasteiger partial charge in [-0.3, -0.25) is 0 Å². The summed E-state index contributed by atoms with van der Waals surface area (Å²) in [6.45, 7) is 3.34. The standard InChI is InChI=1S/C26H30O2/c1-26(23-15-6-4-13-21(23)22-14-5-7-16-24(22)26)19-9-2-3-11-20(12-8-10-19)28-25-17-18-27-25/h4-7,11,13-16,19,25H,2-3,8-10,12,17-18H2,1H3/b20-11+. The van der Waals surface area contributed by atoms with Gasteiger partial charge in [0.25, 0.3) is 0 Å². The van der Waals surface area contributed by atoms with Crippen LogP contribution in [-0.4, -0.2) is 12.9 Å². The van der Waals surface area contributed by atoms with Crippen molar-refractivity contribution in [3.63, 3.8) is 0 Å². The van der Waals surface area contributed by atoms with E-state index in [0.29, 0.717) is 5.92 Å². The maximum absolute atomic E-state index is 6.06. The Morgan fingerprint density at radius 1 is 0.893 bits per heavy atom. The molecule has 1 fully saturated rings. The normalized spacial score (nSPS) is 27.8. The van der Waals surface area contributed by atoms with Crippen LogP contribution in [0.4, 0.5) is 0 Å². The molecule has 0 saturated carbocycles. The molecule has 2 aromatic carbocycles. The van der Waals surface area contributed by atoms with Crippen LogP contribution >= 0.6 is 0 Å². The quantitative estimate of drug-likeness (QED) is 0.603. The zero-order valence-electron chi connectivity index (χ0n) is 16.8. The maximum Gasteiger partial charge on any atom is 0.201 e. The molecule has 1 aliphatic heterocycles. The first-order valence-electron chi connectivity index (χ1n) is 10.9. The van der Waals surface area contributed by atoms with Crippen molar-refractivity contribution in [3.05, 3.63) is 71.5 Å². The van der Waals surface area contributed by atoms with E-state index >= 15 is 0 Å². The van der Waals surface area contributed by atoms with Crippen LogP contribution in [0.25, 0.3) is 11.1 Å². The minimum Gasteiger partial charge on any atom is -0.470 e. The predicted octanol–water partition coefficient (Wildman–Crippen LogP) is 6.59. The van der Waals surface area contributed by atoms with Gasteiger partial charge in [0, 0.05) is 18.3 Å². The molecule has 2 nitrogen and oxygen atoms in total. The first-order valence-corrected chi connectivity index (χ1v) is 10.9. The predicted molar refractivity (Wildman–Crippen MR) is 113 cm³/mol. The lowest BCUT2D eigenvalue weighted by atomic mass is 9.66. The second kappa shape index (κ2) is 7.40. The summed E-state index contributed by atoms with van der Waals surface area (Å²) in [6.07, 6.45) is 10.4. The van der Waals surface area contributed by atoms with Crippen molar-refractivity contribution in [1.82, 2.24) is 0 Å². The van der Waals surface area contributed by atoms with Gasteiger partial charge in [-0.05, 0) is 66.4 Å². The Kier molecular flexibility index (Phi) is 4.76. The van der Waals surface area contributed by atoms with E-state index in [1.807, 2.05) is 0 Å². The number of fused-ring (bicyclic) bond motifs is 3. The Labute approximate surface area is 168 Å². The third kappa shape index (κ3) is 2.99. The third-order valence-electron chi connectivity index (χ3n) is 7.12. The van der Waals surface area contributed by atoms with Crippen LogP contribution in [0.15, 0.2) is 60.4 Å². The summed E-state index contributed by atoms with van der Waals surface area (Å²) in [5, 5.41) is 0. The van der Waals surface area contributed by atoms with E-state index in [0.717, 1.165) is 31.6 Å². The average Bonchev–Trinajstić information content (AvgIpc) is 3.02. The van der Waals surface area contributed by atoms with Crippen LogP contribution in [0.5, 0.6) is 0 Å². The van der Waals surface area contributed by atoms with Gasteiger partial charge in [-0.25, -0.2) is 0 Å². The Hall–Kier alpha value is -2.06. The second-order valence-electron chi connectivity index (χ2n) is 8.69. The van der Waals surface area contributed by atoms with Crippen LogP contribution in [0.1, 0.15) is 63.0 Å². The van der Waals surface area contributed by atoms with E-state index in [9.17, 15) is 0 Å². The summed E-state index contributed by atoms with van der Waals surface area (Å²) in [4.78, 5) is 0. The molecule has 2 aromatic rings. The monoisotopic (exact) mass is 374 g/mol. The molecule has 2 atom stereocenters. The Bertz CT molecular complexity index is 832. The third-order valence-corrected chi connectivity index (χ3v) is 7.12. The van der Waals surface area contributed by atoms with Gasteiger partial charge in [-0.2, -0.15) is 0 Å². The molecule has 0 spiro atoms. The number of ether oxygens (including phenoxy) is 2. The van der Waals surface area contributed by atoms with Crippen LogP contribution < -0.4 is 0 Å². The fourth-order valence-electron chi connectivity index (χ4n) is 5.48. The van der Waals surface area contributed by atoms with Crippen LogP contribution in [-0.2, 0) is 14.9 Å². The lowest BCUT2D eigenvalue weighted by Crippen LogP contribution is -2.31. The lowest BCUT2D eigenvalue weighted by molar-refractivity contribution is -0.195. The first-order chi connectivity index (χ1) is 13.8. The molecule has 28 heavy (non-hydrogen) atoms. The van der Waals surface area contributed by atoms with Crippen molar-refractivity contribution in [1.29, 1.82) is 0 Å². The number of allylic oxidation sites excluding steroid dienone is 2. The van der Waals surface area contributed by atoms with Crippen molar-refractivity contribution in [2.75, 3.05) is 6.61 Å². The zero-order valence-corrected chi connectivity index (χ0v) is 16.8. The SMILES string of the molecule is CC1(C2CCC/C=C(/OC3CCO3)CCC2)c2ccccc2-c2ccccc21. The molecule has 0 aromatic heterocycles. The van der Waals surface area contributed by atoms with Crippen molar-refractivity contribution in [3.8, 4) is 11.1 Å². The summed E-state index contributed by atoms with van der Waals surface area (Å²) in [5.41, 5.74) is 6.02. The van der Waals surface area contributed by atoms with Gasteiger partial charge in [0.05, 0.1) is 12.4 Å². The summed E-state index contributed by atoms with van der Waals surface area (Å²) < 4.78 is 11.5. The van der Waals surface area contributed by atoms with E-state index in [1.165, 1.54) is 47.9 Å². The molecule has 5 rings (SSSR count). The van der Waals surface area contributed by atoms with Gasteiger partial charge in [0.1, 0.15) is 0 Å². The highest BCUT2D eigenvalue weighted by molar-refractivity contribution is 5.80. The van der Waals surface area contributed by atoms with E-state index in [-0.39, 0.29) is 11.7 Å². The van der Waals surface area contributed by atoms with Crippen LogP contribution in [0.2, 0.25) is 0 Å². The van der Waals surface area contributed by atoms with Crippen molar-refractivity contribution >= 4 is 0 Å². The van der Waals surface area contributed by atoms with Gasteiger partial charge in [0.2, 0.25) is 6.29 Å². The number of rotatable bonds is 3. The maximum atomic E-state index is 6.06. The summed E-state index contributed by atoms with van der Waals surface area (Å²) in [7, 11) is 0. The van der Waals surface area contributed by atoms with Gasteiger partial charge in [0.15, 0.2) is 0 Å². The molecule has 2 unspecified atom stereocenters. The van der Waals surface area contributed by atoms with Crippen molar-refractivity contribution < 1.29 is 9.47 Å². The second-order valence-corrected chi connectivity index (χ2v) is 8.69. The number of hydrogen-bond acceptors (Lipinski definition) is 2. The minimum absolute atomic E-state index is 0.00824. The highest BCUT2D eigenvalue weighted by atomic mass is 16.7. The molecule has 0 amide bonds. The van der Waals surface area contributed by atoms with Gasteiger partial charge >= 0.3 is 0 Å². The van der Waals surface area contributed by atoms with Gasteiger partial charge < -0.3 is 9.47 Å². The lowest BCUT2D eigenvalue weighted by Gasteiger charge is -2.37. The molecule has 2 aliphatic carbocycles. The van der Waals surface area contributed by atoms with E-state index in [1.54, 1.807) is 0 Å². The summed E-state index contributed by atoms with van der Waals surface area (Å²) >= 11 is 0.